The van der Waals surface area contributed by atoms with Crippen LogP contribution in [-0.4, -0.2) is 42.0 Å². The molecule has 0 bridgehead atoms. The molecule has 0 spiro atoms. The predicted octanol–water partition coefficient (Wildman–Crippen LogP) is 0.634. The average Bonchev–Trinajstić information content (AvgIpc) is 2.94. The highest BCUT2D eigenvalue weighted by Crippen LogP contribution is 2.24. The van der Waals surface area contributed by atoms with Crippen molar-refractivity contribution in [1.29, 1.82) is 0 Å². The Labute approximate surface area is 118 Å². The largest absolute Gasteiger partial charge is 0.335 e. The predicted molar refractivity (Wildman–Crippen MR) is 73.7 cm³/mol. The molecule has 0 saturated carbocycles. The first-order chi connectivity index (χ1) is 9.36. The van der Waals surface area contributed by atoms with Gasteiger partial charge >= 0.3 is 0 Å². The zero-order valence-electron chi connectivity index (χ0n) is 11.7. The van der Waals surface area contributed by atoms with Crippen LogP contribution in [0.1, 0.15) is 49.3 Å². The number of aromatic nitrogens is 2. The molecule has 1 unspecified atom stereocenters. The summed E-state index contributed by atoms with van der Waals surface area (Å²) in [5, 5.41) is 11.8. The van der Waals surface area contributed by atoms with E-state index in [0.717, 1.165) is 19.3 Å². The first-order valence-corrected chi connectivity index (χ1v) is 8.32. The Bertz CT molecular complexity index is 608. The Morgan fingerprint density at radius 3 is 2.75 bits per heavy atom. The number of amides is 1. The Morgan fingerprint density at radius 2 is 2.25 bits per heavy atom. The lowest BCUT2D eigenvalue weighted by molar-refractivity contribution is 0.0737. The van der Waals surface area contributed by atoms with Gasteiger partial charge in [-0.2, -0.15) is 5.10 Å². The highest BCUT2D eigenvalue weighted by atomic mass is 32.2. The summed E-state index contributed by atoms with van der Waals surface area (Å²) in [4.78, 5) is 14.0. The van der Waals surface area contributed by atoms with Gasteiger partial charge in [-0.15, -0.1) is 0 Å². The van der Waals surface area contributed by atoms with E-state index in [0.29, 0.717) is 18.7 Å². The molecule has 1 aromatic rings. The number of likely N-dealkylation sites (tertiary alicyclic amines) is 1. The molecule has 20 heavy (non-hydrogen) atoms. The number of nitrogens with one attached hydrogen (secondary N) is 1. The fourth-order valence-electron chi connectivity index (χ4n) is 2.61. The number of aromatic amines is 1. The zero-order valence-corrected chi connectivity index (χ0v) is 12.5. The Balaban J connectivity index is 2.44. The molecule has 8 heteroatoms. The van der Waals surface area contributed by atoms with Crippen molar-refractivity contribution in [3.63, 3.8) is 0 Å². The van der Waals surface area contributed by atoms with E-state index in [1.807, 2.05) is 13.8 Å². The van der Waals surface area contributed by atoms with Crippen molar-refractivity contribution in [2.75, 3.05) is 6.54 Å². The molecule has 1 saturated heterocycles. The monoisotopic (exact) mass is 300 g/mol. The number of nitrogens with zero attached hydrogens (tertiary/aromatic N) is 2. The molecule has 0 aromatic carbocycles. The molecule has 2 rings (SSSR count). The summed E-state index contributed by atoms with van der Waals surface area (Å²) in [6.07, 6.45) is 3.06. The lowest BCUT2D eigenvalue weighted by Crippen LogP contribution is -2.35. The fraction of sp³-hybridized carbons (Fsp3) is 0.667. The van der Waals surface area contributed by atoms with E-state index < -0.39 is 10.0 Å². The van der Waals surface area contributed by atoms with Crippen molar-refractivity contribution in [2.45, 2.75) is 50.5 Å². The van der Waals surface area contributed by atoms with E-state index in [4.69, 9.17) is 5.14 Å². The van der Waals surface area contributed by atoms with E-state index in [2.05, 4.69) is 10.2 Å². The van der Waals surface area contributed by atoms with Gasteiger partial charge in [0.1, 0.15) is 4.90 Å². The SMILES string of the molecule is CCCc1[nH]nc(C(=O)N2CCCC2C)c1S(N)(=O)=O. The van der Waals surface area contributed by atoms with Crippen molar-refractivity contribution >= 4 is 15.9 Å². The molecule has 1 atom stereocenters. The zero-order chi connectivity index (χ0) is 14.9. The minimum Gasteiger partial charge on any atom is -0.335 e. The van der Waals surface area contributed by atoms with Crippen LogP contribution in [0.3, 0.4) is 0 Å². The number of hydrogen-bond acceptors (Lipinski definition) is 4. The number of primary sulfonamides is 1. The van der Waals surface area contributed by atoms with E-state index in [1.165, 1.54) is 0 Å². The van der Waals surface area contributed by atoms with Crippen LogP contribution in [-0.2, 0) is 16.4 Å². The molecule has 1 aliphatic rings. The highest BCUT2D eigenvalue weighted by molar-refractivity contribution is 7.89. The average molecular weight is 300 g/mol. The summed E-state index contributed by atoms with van der Waals surface area (Å²) >= 11 is 0. The molecule has 0 aliphatic carbocycles. The van der Waals surface area contributed by atoms with Gasteiger partial charge in [0.25, 0.3) is 5.91 Å². The molecule has 1 aromatic heterocycles. The second-order valence-corrected chi connectivity index (χ2v) is 6.66. The van der Waals surface area contributed by atoms with Gasteiger partial charge in [0.05, 0.1) is 5.69 Å². The topological polar surface area (TPSA) is 109 Å². The summed E-state index contributed by atoms with van der Waals surface area (Å²) in [6, 6.07) is 0.0992. The van der Waals surface area contributed by atoms with Crippen molar-refractivity contribution in [3.8, 4) is 0 Å². The standard InChI is InChI=1S/C12H20N4O3S/c1-3-5-9-11(20(13,18)19)10(15-14-9)12(17)16-7-4-6-8(16)2/h8H,3-7H2,1-2H3,(H,14,15)(H2,13,18,19). The summed E-state index contributed by atoms with van der Waals surface area (Å²) in [7, 11) is -3.98. The van der Waals surface area contributed by atoms with Crippen LogP contribution in [0.4, 0.5) is 0 Å². The summed E-state index contributed by atoms with van der Waals surface area (Å²) < 4.78 is 23.5. The van der Waals surface area contributed by atoms with Crippen LogP contribution in [0.2, 0.25) is 0 Å². The van der Waals surface area contributed by atoms with Crippen LogP contribution in [0.5, 0.6) is 0 Å². The van der Waals surface area contributed by atoms with Crippen molar-refractivity contribution in [2.24, 2.45) is 5.14 Å². The lowest BCUT2D eigenvalue weighted by atomic mass is 10.2. The van der Waals surface area contributed by atoms with Gasteiger partial charge in [0.15, 0.2) is 5.69 Å². The van der Waals surface area contributed by atoms with Crippen LogP contribution in [0.15, 0.2) is 4.90 Å². The number of aryl methyl sites for hydroxylation is 1. The molecule has 3 N–H and O–H groups in total. The Kier molecular flexibility index (Phi) is 4.14. The lowest BCUT2D eigenvalue weighted by Gasteiger charge is -2.20. The quantitative estimate of drug-likeness (QED) is 0.850. The van der Waals surface area contributed by atoms with Gasteiger partial charge in [0, 0.05) is 12.6 Å². The van der Waals surface area contributed by atoms with Crippen molar-refractivity contribution in [3.05, 3.63) is 11.4 Å². The number of nitrogens with two attached hydrogens (primary N) is 1. The van der Waals surface area contributed by atoms with Gasteiger partial charge in [-0.05, 0) is 26.2 Å². The smallest absolute Gasteiger partial charge is 0.276 e. The molecule has 1 amide bonds. The molecule has 7 nitrogen and oxygen atoms in total. The number of rotatable bonds is 4. The Hall–Kier alpha value is -1.41. The van der Waals surface area contributed by atoms with Crippen molar-refractivity contribution in [1.82, 2.24) is 15.1 Å². The number of hydrogen-bond donors (Lipinski definition) is 2. The Morgan fingerprint density at radius 1 is 1.55 bits per heavy atom. The summed E-state index contributed by atoms with van der Waals surface area (Å²) in [6.45, 7) is 4.49. The van der Waals surface area contributed by atoms with E-state index in [-0.39, 0.29) is 22.5 Å². The molecule has 1 fully saturated rings. The molecular formula is C12H20N4O3S. The maximum atomic E-state index is 12.5. The van der Waals surface area contributed by atoms with Gasteiger partial charge in [0.2, 0.25) is 10.0 Å². The normalized spacial score (nSPS) is 19.6. The minimum absolute atomic E-state index is 0.0790. The van der Waals surface area contributed by atoms with E-state index >= 15 is 0 Å². The van der Waals surface area contributed by atoms with E-state index in [9.17, 15) is 13.2 Å². The van der Waals surface area contributed by atoms with Gasteiger partial charge in [-0.1, -0.05) is 13.3 Å². The minimum atomic E-state index is -3.98. The molecule has 2 heterocycles. The van der Waals surface area contributed by atoms with Crippen LogP contribution in [0.25, 0.3) is 0 Å². The molecule has 112 valence electrons. The molecular weight excluding hydrogens is 280 g/mol. The van der Waals surface area contributed by atoms with Gasteiger partial charge in [-0.25, -0.2) is 13.6 Å². The van der Waals surface area contributed by atoms with Gasteiger partial charge < -0.3 is 4.90 Å². The van der Waals surface area contributed by atoms with Crippen LogP contribution >= 0.6 is 0 Å². The summed E-state index contributed by atoms with van der Waals surface area (Å²) in [5.74, 6) is -0.363. The maximum Gasteiger partial charge on any atom is 0.276 e. The van der Waals surface area contributed by atoms with Gasteiger partial charge in [-0.3, -0.25) is 9.89 Å². The third kappa shape index (κ3) is 2.71. The number of H-pyrrole nitrogens is 1. The second-order valence-electron chi connectivity index (χ2n) is 5.16. The molecule has 1 aliphatic heterocycles. The number of carbonyl (C=O) groups is 1. The maximum absolute atomic E-state index is 12.5. The third-order valence-corrected chi connectivity index (χ3v) is 4.60. The fourth-order valence-corrected chi connectivity index (χ4v) is 3.50. The first kappa shape index (κ1) is 15.0. The van der Waals surface area contributed by atoms with Crippen LogP contribution < -0.4 is 5.14 Å². The van der Waals surface area contributed by atoms with Crippen LogP contribution in [0, 0.1) is 0 Å². The second kappa shape index (κ2) is 5.53. The number of sulfonamides is 1. The van der Waals surface area contributed by atoms with E-state index in [1.54, 1.807) is 4.90 Å². The third-order valence-electron chi connectivity index (χ3n) is 3.59. The summed E-state index contributed by atoms with van der Waals surface area (Å²) in [5.41, 5.74) is 0.329. The highest BCUT2D eigenvalue weighted by Gasteiger charge is 2.33. The van der Waals surface area contributed by atoms with Crippen molar-refractivity contribution < 1.29 is 13.2 Å². The number of carbonyl (C=O) groups excluding carboxylic acids is 1. The molecule has 0 radical (unpaired) electrons. The first-order valence-electron chi connectivity index (χ1n) is 6.77.